The monoisotopic (exact) mass is 202 g/mol. The first-order valence-electron chi connectivity index (χ1n) is 5.00. The van der Waals surface area contributed by atoms with Crippen molar-refractivity contribution in [2.24, 2.45) is 0 Å². The number of fused-ring (bicyclic) bond motifs is 1. The first-order valence-corrected chi connectivity index (χ1v) is 5.00. The van der Waals surface area contributed by atoms with E-state index < -0.39 is 0 Å². The fraction of sp³-hybridized carbons (Fsp3) is 0.250. The Labute approximate surface area is 89.2 Å². The Morgan fingerprint density at radius 2 is 2.33 bits per heavy atom. The molecule has 0 spiro atoms. The van der Waals surface area contributed by atoms with Crippen LogP contribution in [0.4, 0.5) is 5.69 Å². The molecule has 0 atom stereocenters. The molecule has 3 heteroatoms. The zero-order chi connectivity index (χ0) is 10.8. The summed E-state index contributed by atoms with van der Waals surface area (Å²) in [6.07, 6.45) is 2.23. The van der Waals surface area contributed by atoms with Crippen LogP contribution in [0.1, 0.15) is 11.1 Å². The van der Waals surface area contributed by atoms with Gasteiger partial charge in [0.1, 0.15) is 0 Å². The topological polar surface area (TPSA) is 46.3 Å². The van der Waals surface area contributed by atoms with Gasteiger partial charge in [-0.3, -0.25) is 4.79 Å². The smallest absolute Gasteiger partial charge is 0.246 e. The molecule has 0 saturated heterocycles. The van der Waals surface area contributed by atoms with Crippen LogP contribution in [0, 0.1) is 0 Å². The van der Waals surface area contributed by atoms with E-state index in [1.165, 1.54) is 11.6 Å². The van der Waals surface area contributed by atoms with Crippen LogP contribution >= 0.6 is 0 Å². The van der Waals surface area contributed by atoms with Crippen LogP contribution in [0.2, 0.25) is 0 Å². The van der Waals surface area contributed by atoms with Crippen molar-refractivity contribution in [2.75, 3.05) is 12.3 Å². The minimum absolute atomic E-state index is 0.0242. The quantitative estimate of drug-likeness (QED) is 0.551. The first kappa shape index (κ1) is 9.77. The Balaban J connectivity index is 2.29. The molecule has 1 aromatic carbocycles. The van der Waals surface area contributed by atoms with E-state index in [0.717, 1.165) is 24.2 Å². The van der Waals surface area contributed by atoms with Crippen LogP contribution in [0.5, 0.6) is 0 Å². The fourth-order valence-corrected chi connectivity index (χ4v) is 1.92. The number of nitrogen functional groups attached to an aromatic ring is 1. The van der Waals surface area contributed by atoms with E-state index in [2.05, 4.69) is 12.6 Å². The molecule has 3 nitrogen and oxygen atoms in total. The predicted octanol–water partition coefficient (Wildman–Crippen LogP) is 1.34. The lowest BCUT2D eigenvalue weighted by Gasteiger charge is -2.28. The number of rotatable bonds is 1. The molecule has 0 fully saturated rings. The Morgan fingerprint density at radius 1 is 1.53 bits per heavy atom. The van der Waals surface area contributed by atoms with Crippen molar-refractivity contribution >= 4 is 11.6 Å². The standard InChI is InChI=1S/C12H14N2O/c1-2-12(15)14-7-6-9-4-3-5-11(13)10(9)8-14/h2-5H,1,6-8,13H2. The lowest BCUT2D eigenvalue weighted by Crippen LogP contribution is -2.35. The minimum Gasteiger partial charge on any atom is -0.398 e. The van der Waals surface area contributed by atoms with E-state index in [1.807, 2.05) is 12.1 Å². The van der Waals surface area contributed by atoms with Crippen molar-refractivity contribution in [2.45, 2.75) is 13.0 Å². The predicted molar refractivity (Wildman–Crippen MR) is 60.2 cm³/mol. The summed E-state index contributed by atoms with van der Waals surface area (Å²) < 4.78 is 0. The van der Waals surface area contributed by atoms with Crippen molar-refractivity contribution in [3.05, 3.63) is 42.0 Å². The summed E-state index contributed by atoms with van der Waals surface area (Å²) in [6.45, 7) is 4.85. The van der Waals surface area contributed by atoms with E-state index >= 15 is 0 Å². The number of hydrogen-bond donors (Lipinski definition) is 1. The van der Waals surface area contributed by atoms with Crippen LogP contribution in [0.25, 0.3) is 0 Å². The highest BCUT2D eigenvalue weighted by atomic mass is 16.2. The summed E-state index contributed by atoms with van der Waals surface area (Å²) in [5.41, 5.74) is 8.99. The van der Waals surface area contributed by atoms with Crippen molar-refractivity contribution in [3.63, 3.8) is 0 Å². The zero-order valence-corrected chi connectivity index (χ0v) is 8.57. The van der Waals surface area contributed by atoms with Gasteiger partial charge in [0.25, 0.3) is 0 Å². The van der Waals surface area contributed by atoms with Crippen molar-refractivity contribution in [1.82, 2.24) is 4.90 Å². The van der Waals surface area contributed by atoms with Crippen molar-refractivity contribution in [1.29, 1.82) is 0 Å². The molecule has 0 radical (unpaired) electrons. The van der Waals surface area contributed by atoms with Gasteiger partial charge in [-0.15, -0.1) is 0 Å². The normalized spacial score (nSPS) is 14.5. The second-order valence-corrected chi connectivity index (χ2v) is 3.70. The summed E-state index contributed by atoms with van der Waals surface area (Å²) in [5, 5.41) is 0. The number of amides is 1. The van der Waals surface area contributed by atoms with Crippen LogP contribution in [-0.2, 0) is 17.8 Å². The maximum absolute atomic E-state index is 11.5. The molecule has 15 heavy (non-hydrogen) atoms. The Morgan fingerprint density at radius 3 is 3.07 bits per heavy atom. The van der Waals surface area contributed by atoms with Crippen LogP contribution in [-0.4, -0.2) is 17.4 Å². The largest absolute Gasteiger partial charge is 0.398 e. The molecular formula is C12H14N2O. The van der Waals surface area contributed by atoms with Gasteiger partial charge < -0.3 is 10.6 Å². The third kappa shape index (κ3) is 1.73. The van der Waals surface area contributed by atoms with E-state index in [4.69, 9.17) is 5.73 Å². The molecule has 78 valence electrons. The summed E-state index contributed by atoms with van der Waals surface area (Å²) in [5.74, 6) is -0.0242. The maximum atomic E-state index is 11.5. The van der Waals surface area contributed by atoms with Gasteiger partial charge >= 0.3 is 0 Å². The second kappa shape index (κ2) is 3.77. The summed E-state index contributed by atoms with van der Waals surface area (Å²) >= 11 is 0. The van der Waals surface area contributed by atoms with Crippen LogP contribution in [0.3, 0.4) is 0 Å². The van der Waals surface area contributed by atoms with E-state index in [9.17, 15) is 4.79 Å². The number of benzene rings is 1. The van der Waals surface area contributed by atoms with Gasteiger partial charge in [0.15, 0.2) is 0 Å². The Bertz CT molecular complexity index is 412. The molecule has 0 unspecified atom stereocenters. The number of nitrogens with zero attached hydrogens (tertiary/aromatic N) is 1. The van der Waals surface area contributed by atoms with Gasteiger partial charge in [-0.25, -0.2) is 0 Å². The molecule has 2 N–H and O–H groups in total. The molecule has 1 aliphatic rings. The summed E-state index contributed by atoms with van der Waals surface area (Å²) in [4.78, 5) is 13.2. The lowest BCUT2D eigenvalue weighted by atomic mass is 9.98. The number of carbonyl (C=O) groups excluding carboxylic acids is 1. The van der Waals surface area contributed by atoms with Crippen LogP contribution in [0.15, 0.2) is 30.9 Å². The van der Waals surface area contributed by atoms with Gasteiger partial charge in [-0.05, 0) is 29.7 Å². The number of hydrogen-bond acceptors (Lipinski definition) is 2. The molecule has 2 rings (SSSR count). The third-order valence-corrected chi connectivity index (χ3v) is 2.80. The Hall–Kier alpha value is -1.77. The first-order chi connectivity index (χ1) is 7.22. The second-order valence-electron chi connectivity index (χ2n) is 3.70. The van der Waals surface area contributed by atoms with Crippen molar-refractivity contribution in [3.8, 4) is 0 Å². The number of nitrogens with two attached hydrogens (primary N) is 1. The molecule has 1 aliphatic heterocycles. The molecule has 1 amide bonds. The molecule has 1 aromatic rings. The van der Waals surface area contributed by atoms with Gasteiger partial charge in [0.2, 0.25) is 5.91 Å². The summed E-state index contributed by atoms with van der Waals surface area (Å²) in [6, 6.07) is 5.90. The number of carbonyl (C=O) groups is 1. The fourth-order valence-electron chi connectivity index (χ4n) is 1.92. The van der Waals surface area contributed by atoms with Crippen LogP contribution < -0.4 is 5.73 Å². The molecule has 0 aliphatic carbocycles. The van der Waals surface area contributed by atoms with E-state index in [-0.39, 0.29) is 5.91 Å². The average molecular weight is 202 g/mol. The van der Waals surface area contributed by atoms with E-state index in [1.54, 1.807) is 4.90 Å². The molecule has 0 saturated carbocycles. The highest BCUT2D eigenvalue weighted by molar-refractivity contribution is 5.87. The number of anilines is 1. The SMILES string of the molecule is C=CC(=O)N1CCc2cccc(N)c2C1. The minimum atomic E-state index is -0.0242. The molecular weight excluding hydrogens is 188 g/mol. The molecule has 0 aromatic heterocycles. The third-order valence-electron chi connectivity index (χ3n) is 2.80. The zero-order valence-electron chi connectivity index (χ0n) is 8.57. The van der Waals surface area contributed by atoms with Gasteiger partial charge in [0, 0.05) is 18.8 Å². The highest BCUT2D eigenvalue weighted by Crippen LogP contribution is 2.24. The average Bonchev–Trinajstić information content (AvgIpc) is 2.28. The van der Waals surface area contributed by atoms with Gasteiger partial charge in [-0.1, -0.05) is 18.7 Å². The lowest BCUT2D eigenvalue weighted by molar-refractivity contribution is -0.126. The highest BCUT2D eigenvalue weighted by Gasteiger charge is 2.19. The Kier molecular flexibility index (Phi) is 2.46. The van der Waals surface area contributed by atoms with Crippen molar-refractivity contribution < 1.29 is 4.79 Å². The van der Waals surface area contributed by atoms with E-state index in [0.29, 0.717) is 6.54 Å². The van der Waals surface area contributed by atoms with Gasteiger partial charge in [0.05, 0.1) is 0 Å². The summed E-state index contributed by atoms with van der Waals surface area (Å²) in [7, 11) is 0. The molecule has 0 bridgehead atoms. The van der Waals surface area contributed by atoms with Gasteiger partial charge in [-0.2, -0.15) is 0 Å². The molecule has 1 heterocycles. The maximum Gasteiger partial charge on any atom is 0.246 e.